The maximum Gasteiger partial charge on any atom is 0.325 e. The van der Waals surface area contributed by atoms with Gasteiger partial charge in [-0.25, -0.2) is 0 Å². The van der Waals surface area contributed by atoms with Crippen LogP contribution in [0.3, 0.4) is 0 Å². The molecule has 0 fully saturated rings. The van der Waals surface area contributed by atoms with E-state index in [-0.39, 0.29) is 32.2 Å². The number of nitrogens with one attached hydrogen (secondary N) is 1. The molecule has 1 aromatic heterocycles. The lowest BCUT2D eigenvalue weighted by Crippen LogP contribution is -2.30. The average molecular weight is 463 g/mol. The summed E-state index contributed by atoms with van der Waals surface area (Å²) < 4.78 is 16.6. The monoisotopic (exact) mass is 462 g/mol. The van der Waals surface area contributed by atoms with E-state index in [0.29, 0.717) is 26.8 Å². The maximum atomic E-state index is 12.4. The fourth-order valence-electron chi connectivity index (χ4n) is 3.10. The van der Waals surface area contributed by atoms with Gasteiger partial charge in [-0.2, -0.15) is 0 Å². The number of rotatable bonds is 6. The van der Waals surface area contributed by atoms with Crippen LogP contribution in [-0.2, 0) is 27.5 Å². The van der Waals surface area contributed by atoms with Crippen molar-refractivity contribution in [2.45, 2.75) is 13.2 Å². The lowest BCUT2D eigenvalue weighted by Gasteiger charge is -2.20. The molecule has 1 N–H and O–H groups in total. The molecule has 4 rings (SSSR count). The minimum Gasteiger partial charge on any atom is -0.467 e. The van der Waals surface area contributed by atoms with Crippen LogP contribution < -0.4 is 10.1 Å². The minimum absolute atomic E-state index is 0.00224. The molecule has 0 aliphatic carbocycles. The molecular formula is C20H15ClN2O7S. The molecule has 0 bridgehead atoms. The van der Waals surface area contributed by atoms with Crippen LogP contribution in [0.1, 0.15) is 20.8 Å². The number of esters is 1. The first kappa shape index (κ1) is 21.0. The lowest BCUT2D eigenvalue weighted by molar-refractivity contribution is -0.385. The summed E-state index contributed by atoms with van der Waals surface area (Å²) >= 11 is 7.50. The number of ether oxygens (including phenoxy) is 3. The Balaban J connectivity index is 1.39. The Kier molecular flexibility index (Phi) is 6.03. The predicted molar refractivity (Wildman–Crippen MR) is 112 cm³/mol. The number of thiophene rings is 1. The molecular weight excluding hydrogens is 448 g/mol. The van der Waals surface area contributed by atoms with Crippen LogP contribution in [-0.4, -0.2) is 30.1 Å². The molecule has 1 aliphatic rings. The zero-order valence-electron chi connectivity index (χ0n) is 15.9. The van der Waals surface area contributed by atoms with Crippen molar-refractivity contribution >= 4 is 50.6 Å². The summed E-state index contributed by atoms with van der Waals surface area (Å²) in [5.41, 5.74) is 0.686. The fraction of sp³-hybridized carbons (Fsp3) is 0.200. The first-order chi connectivity index (χ1) is 14.9. The summed E-state index contributed by atoms with van der Waals surface area (Å²) in [5, 5.41) is 14.7. The molecule has 31 heavy (non-hydrogen) atoms. The van der Waals surface area contributed by atoms with Gasteiger partial charge in [0.05, 0.1) is 16.6 Å². The third-order valence-corrected chi connectivity index (χ3v) is 6.18. The molecule has 160 valence electrons. The van der Waals surface area contributed by atoms with Crippen LogP contribution >= 0.6 is 22.9 Å². The van der Waals surface area contributed by atoms with Crippen molar-refractivity contribution in [2.24, 2.45) is 0 Å². The highest BCUT2D eigenvalue weighted by atomic mass is 35.5. The molecule has 11 heteroatoms. The van der Waals surface area contributed by atoms with E-state index in [0.717, 1.165) is 10.1 Å². The summed E-state index contributed by atoms with van der Waals surface area (Å²) in [4.78, 5) is 35.4. The molecule has 0 atom stereocenters. The second-order valence-electron chi connectivity index (χ2n) is 6.55. The number of benzene rings is 2. The van der Waals surface area contributed by atoms with Crippen molar-refractivity contribution in [1.82, 2.24) is 5.32 Å². The summed E-state index contributed by atoms with van der Waals surface area (Å²) in [7, 11) is 0. The van der Waals surface area contributed by atoms with Crippen LogP contribution in [0.15, 0.2) is 36.4 Å². The molecule has 1 aliphatic heterocycles. The van der Waals surface area contributed by atoms with Gasteiger partial charge in [-0.3, -0.25) is 19.7 Å². The Morgan fingerprint density at radius 1 is 1.29 bits per heavy atom. The first-order valence-electron chi connectivity index (χ1n) is 9.05. The van der Waals surface area contributed by atoms with E-state index in [4.69, 9.17) is 25.8 Å². The highest BCUT2D eigenvalue weighted by Crippen LogP contribution is 2.35. The van der Waals surface area contributed by atoms with E-state index < -0.39 is 16.8 Å². The number of carbonyl (C=O) groups is 2. The van der Waals surface area contributed by atoms with Crippen molar-refractivity contribution < 1.29 is 28.7 Å². The lowest BCUT2D eigenvalue weighted by atomic mass is 10.1. The van der Waals surface area contributed by atoms with Crippen LogP contribution in [0.2, 0.25) is 5.02 Å². The Labute approximate surface area is 184 Å². The minimum atomic E-state index is -0.710. The van der Waals surface area contributed by atoms with E-state index >= 15 is 0 Å². The van der Waals surface area contributed by atoms with Gasteiger partial charge in [0.15, 0.2) is 6.79 Å². The van der Waals surface area contributed by atoms with Gasteiger partial charge < -0.3 is 19.5 Å². The Morgan fingerprint density at radius 3 is 2.87 bits per heavy atom. The third kappa shape index (κ3) is 4.46. The van der Waals surface area contributed by atoms with Crippen LogP contribution in [0.5, 0.6) is 5.75 Å². The fourth-order valence-corrected chi connectivity index (χ4v) is 4.53. The molecule has 1 amide bonds. The van der Waals surface area contributed by atoms with E-state index in [1.54, 1.807) is 0 Å². The van der Waals surface area contributed by atoms with Crippen LogP contribution in [0.4, 0.5) is 5.69 Å². The number of hydrogen-bond donors (Lipinski definition) is 1. The highest BCUT2D eigenvalue weighted by Gasteiger charge is 2.22. The highest BCUT2D eigenvalue weighted by molar-refractivity contribution is 7.21. The van der Waals surface area contributed by atoms with Crippen molar-refractivity contribution in [1.29, 1.82) is 0 Å². The number of nitro groups is 1. The second kappa shape index (κ2) is 8.88. The summed E-state index contributed by atoms with van der Waals surface area (Å²) in [6.45, 7) is -0.478. The molecule has 0 saturated heterocycles. The second-order valence-corrected chi connectivity index (χ2v) is 7.98. The van der Waals surface area contributed by atoms with Crippen LogP contribution in [0.25, 0.3) is 10.1 Å². The zero-order valence-corrected chi connectivity index (χ0v) is 17.5. The normalized spacial score (nSPS) is 12.7. The summed E-state index contributed by atoms with van der Waals surface area (Å²) in [6.07, 6.45) is 0. The van der Waals surface area contributed by atoms with E-state index in [2.05, 4.69) is 5.32 Å². The molecule has 3 aromatic rings. The molecule has 9 nitrogen and oxygen atoms in total. The topological polar surface area (TPSA) is 117 Å². The van der Waals surface area contributed by atoms with Gasteiger partial charge in [-0.05, 0) is 6.07 Å². The zero-order chi connectivity index (χ0) is 22.0. The van der Waals surface area contributed by atoms with Gasteiger partial charge in [-0.15, -0.1) is 11.3 Å². The number of nitrogens with zero attached hydrogens (tertiary/aromatic N) is 1. The van der Waals surface area contributed by atoms with E-state index in [1.165, 1.54) is 23.5 Å². The van der Waals surface area contributed by atoms with Crippen molar-refractivity contribution in [3.05, 3.63) is 67.5 Å². The quantitative estimate of drug-likeness (QED) is 0.336. The van der Waals surface area contributed by atoms with Crippen molar-refractivity contribution in [2.75, 3.05) is 13.3 Å². The number of fused-ring (bicyclic) bond motifs is 2. The van der Waals surface area contributed by atoms with E-state index in [9.17, 15) is 19.7 Å². The van der Waals surface area contributed by atoms with Gasteiger partial charge in [0, 0.05) is 33.3 Å². The number of hydrogen-bond acceptors (Lipinski definition) is 8. The molecule has 0 unspecified atom stereocenters. The Bertz CT molecular complexity index is 1190. The average Bonchev–Trinajstić information content (AvgIpc) is 3.12. The van der Waals surface area contributed by atoms with Gasteiger partial charge in [0.2, 0.25) is 0 Å². The number of amides is 1. The van der Waals surface area contributed by atoms with Crippen molar-refractivity contribution in [3.63, 3.8) is 0 Å². The van der Waals surface area contributed by atoms with Gasteiger partial charge in [-0.1, -0.05) is 29.8 Å². The SMILES string of the molecule is O=C(CNC(=O)c1sc2ccccc2c1Cl)OCc1cc([N+](=O)[O-])cc2c1OCOC2. The molecule has 2 aromatic carbocycles. The van der Waals surface area contributed by atoms with Crippen LogP contribution in [0, 0.1) is 10.1 Å². The standard InChI is InChI=1S/C20H15ClN2O7S/c21-17-14-3-1-2-4-15(14)31-19(17)20(25)22-7-16(24)29-9-12-6-13(23(26)27)5-11-8-28-10-30-18(11)12/h1-6H,7-10H2,(H,22,25). The predicted octanol–water partition coefficient (Wildman–Crippen LogP) is 3.80. The van der Waals surface area contributed by atoms with Crippen molar-refractivity contribution in [3.8, 4) is 5.75 Å². The summed E-state index contributed by atoms with van der Waals surface area (Å²) in [5.74, 6) is -0.806. The third-order valence-electron chi connectivity index (χ3n) is 4.51. The smallest absolute Gasteiger partial charge is 0.325 e. The van der Waals surface area contributed by atoms with E-state index in [1.807, 2.05) is 24.3 Å². The van der Waals surface area contributed by atoms with Gasteiger partial charge in [0.1, 0.15) is 23.8 Å². The first-order valence-corrected chi connectivity index (χ1v) is 10.2. The molecule has 0 spiro atoms. The molecule has 0 radical (unpaired) electrons. The largest absolute Gasteiger partial charge is 0.467 e. The number of carbonyl (C=O) groups excluding carboxylic acids is 2. The van der Waals surface area contributed by atoms with Gasteiger partial charge in [0.25, 0.3) is 11.6 Å². The molecule has 0 saturated carbocycles. The van der Waals surface area contributed by atoms with Gasteiger partial charge >= 0.3 is 5.97 Å². The number of non-ortho nitro benzene ring substituents is 1. The Morgan fingerprint density at radius 2 is 2.10 bits per heavy atom. The summed E-state index contributed by atoms with van der Waals surface area (Å²) in [6, 6.07) is 9.97. The number of nitro benzene ring substituents is 1. The Hall–Kier alpha value is -3.21. The molecule has 2 heterocycles. The number of halogens is 1. The maximum absolute atomic E-state index is 12.4.